The lowest BCUT2D eigenvalue weighted by molar-refractivity contribution is -0.161. The van der Waals surface area contributed by atoms with Gasteiger partial charge in [0.15, 0.2) is 0 Å². The number of thioether (sulfide) groups is 1. The number of carbonyl (C=O) groups is 3. The SMILES string of the molecule is CSCC(=O)C[C@H]1Cc2cccc(C(=O)OCOC(=O)C(C)(C)C)c2OB1O. The number of carbonyl (C=O) groups excluding carboxylic acids is 3. The molecule has 0 fully saturated rings. The smallest absolute Gasteiger partial charge is 0.526 e. The quantitative estimate of drug-likeness (QED) is 0.418. The van der Waals surface area contributed by atoms with Crippen molar-refractivity contribution in [2.24, 2.45) is 5.41 Å². The molecular weight excluding hydrogens is 383 g/mol. The van der Waals surface area contributed by atoms with E-state index in [4.69, 9.17) is 14.1 Å². The Morgan fingerprint density at radius 2 is 2.00 bits per heavy atom. The zero-order valence-electron chi connectivity index (χ0n) is 16.5. The Balaban J connectivity index is 2.04. The van der Waals surface area contributed by atoms with E-state index in [1.54, 1.807) is 32.9 Å². The lowest BCUT2D eigenvalue weighted by Gasteiger charge is -2.28. The summed E-state index contributed by atoms with van der Waals surface area (Å²) < 4.78 is 15.5. The van der Waals surface area contributed by atoms with Crippen LogP contribution in [-0.4, -0.2) is 48.7 Å². The monoisotopic (exact) mass is 408 g/mol. The van der Waals surface area contributed by atoms with Crippen molar-refractivity contribution in [1.29, 1.82) is 0 Å². The minimum atomic E-state index is -1.19. The van der Waals surface area contributed by atoms with Gasteiger partial charge in [0.05, 0.1) is 11.2 Å². The molecule has 0 radical (unpaired) electrons. The van der Waals surface area contributed by atoms with Crippen molar-refractivity contribution in [3.8, 4) is 5.75 Å². The summed E-state index contributed by atoms with van der Waals surface area (Å²) in [6.07, 6.45) is 2.47. The minimum absolute atomic E-state index is 0.0415. The van der Waals surface area contributed by atoms with E-state index in [1.807, 2.05) is 6.26 Å². The molecule has 1 aliphatic rings. The van der Waals surface area contributed by atoms with Gasteiger partial charge in [0.1, 0.15) is 17.1 Å². The number of hydrogen-bond acceptors (Lipinski definition) is 8. The summed E-state index contributed by atoms with van der Waals surface area (Å²) in [7, 11) is -1.19. The Labute approximate surface area is 169 Å². The van der Waals surface area contributed by atoms with E-state index in [0.717, 1.165) is 0 Å². The number of ether oxygens (including phenoxy) is 2. The third-order valence-corrected chi connectivity index (χ3v) is 4.84. The number of rotatable bonds is 7. The zero-order chi connectivity index (χ0) is 20.9. The highest BCUT2D eigenvalue weighted by molar-refractivity contribution is 7.99. The molecule has 9 heteroatoms. The highest BCUT2D eigenvalue weighted by atomic mass is 32.2. The Bertz CT molecular complexity index is 744. The van der Waals surface area contributed by atoms with Gasteiger partial charge in [-0.2, -0.15) is 11.8 Å². The van der Waals surface area contributed by atoms with Crippen LogP contribution in [0.4, 0.5) is 0 Å². The Kier molecular flexibility index (Phi) is 7.54. The van der Waals surface area contributed by atoms with E-state index in [0.29, 0.717) is 17.7 Å². The second kappa shape index (κ2) is 9.47. The first-order valence-electron chi connectivity index (χ1n) is 8.95. The summed E-state index contributed by atoms with van der Waals surface area (Å²) in [5, 5.41) is 10.3. The summed E-state index contributed by atoms with van der Waals surface area (Å²) in [6, 6.07) is 4.97. The Hall–Kier alpha value is -2.00. The van der Waals surface area contributed by atoms with E-state index >= 15 is 0 Å². The van der Waals surface area contributed by atoms with Crippen LogP contribution in [0.3, 0.4) is 0 Å². The van der Waals surface area contributed by atoms with Crippen molar-refractivity contribution >= 4 is 36.6 Å². The standard InChI is InChI=1S/C19H25BO7S/c1-19(2,3)18(23)26-11-25-17(22)15-7-5-6-12-8-13(9-14(21)10-28-4)20(24)27-16(12)15/h5-7,13,24H,8-11H2,1-4H3/t13-/m1/s1. The average molecular weight is 408 g/mol. The molecule has 1 atom stereocenters. The van der Waals surface area contributed by atoms with Gasteiger partial charge in [-0.05, 0) is 45.1 Å². The lowest BCUT2D eigenvalue weighted by Crippen LogP contribution is -2.36. The van der Waals surface area contributed by atoms with Gasteiger partial charge in [0, 0.05) is 12.2 Å². The maximum atomic E-state index is 12.4. The van der Waals surface area contributed by atoms with Gasteiger partial charge in [-0.1, -0.05) is 12.1 Å². The fourth-order valence-electron chi connectivity index (χ4n) is 2.76. The molecule has 0 aliphatic carbocycles. The summed E-state index contributed by atoms with van der Waals surface area (Å²) in [4.78, 5) is 36.0. The lowest BCUT2D eigenvalue weighted by atomic mass is 9.64. The molecule has 1 heterocycles. The first-order chi connectivity index (χ1) is 13.1. The minimum Gasteiger partial charge on any atom is -0.535 e. The van der Waals surface area contributed by atoms with Gasteiger partial charge >= 0.3 is 19.1 Å². The molecule has 1 aromatic rings. The van der Waals surface area contributed by atoms with Crippen LogP contribution in [0, 0.1) is 5.41 Å². The number of hydrogen-bond donors (Lipinski definition) is 1. The Morgan fingerprint density at radius 1 is 1.29 bits per heavy atom. The highest BCUT2D eigenvalue weighted by Crippen LogP contribution is 2.36. The van der Waals surface area contributed by atoms with Crippen LogP contribution in [0.15, 0.2) is 18.2 Å². The summed E-state index contributed by atoms with van der Waals surface area (Å²) in [5.41, 5.74) is 0.152. The maximum absolute atomic E-state index is 12.4. The van der Waals surface area contributed by atoms with Crippen LogP contribution in [0.25, 0.3) is 0 Å². The number of benzene rings is 1. The van der Waals surface area contributed by atoms with E-state index in [9.17, 15) is 19.4 Å². The fourth-order valence-corrected chi connectivity index (χ4v) is 3.20. The average Bonchev–Trinajstić information content (AvgIpc) is 2.61. The topological polar surface area (TPSA) is 99.1 Å². The predicted molar refractivity (Wildman–Crippen MR) is 106 cm³/mol. The molecule has 28 heavy (non-hydrogen) atoms. The molecular formula is C19H25BO7S. The highest BCUT2D eigenvalue weighted by Gasteiger charge is 2.37. The van der Waals surface area contributed by atoms with Crippen molar-refractivity contribution in [2.75, 3.05) is 18.8 Å². The molecule has 0 saturated heterocycles. The second-order valence-electron chi connectivity index (χ2n) is 7.67. The van der Waals surface area contributed by atoms with Gasteiger partial charge in [0.25, 0.3) is 0 Å². The maximum Gasteiger partial charge on any atom is 0.526 e. The van der Waals surface area contributed by atoms with Crippen molar-refractivity contribution in [3.63, 3.8) is 0 Å². The molecule has 1 aromatic carbocycles. The van der Waals surface area contributed by atoms with E-state index < -0.39 is 31.3 Å². The fraction of sp³-hybridized carbons (Fsp3) is 0.526. The first-order valence-corrected chi connectivity index (χ1v) is 10.3. The van der Waals surface area contributed by atoms with Gasteiger partial charge < -0.3 is 19.2 Å². The van der Waals surface area contributed by atoms with Crippen molar-refractivity contribution in [3.05, 3.63) is 29.3 Å². The van der Waals surface area contributed by atoms with Gasteiger partial charge in [0.2, 0.25) is 6.79 Å². The largest absolute Gasteiger partial charge is 0.535 e. The summed E-state index contributed by atoms with van der Waals surface area (Å²) in [6.45, 7) is 4.58. The third-order valence-electron chi connectivity index (χ3n) is 4.23. The molecule has 1 aliphatic heterocycles. The molecule has 0 unspecified atom stereocenters. The van der Waals surface area contributed by atoms with Crippen molar-refractivity contribution < 1.29 is 33.5 Å². The normalized spacial score (nSPS) is 16.0. The summed E-state index contributed by atoms with van der Waals surface area (Å²) >= 11 is 1.43. The van der Waals surface area contributed by atoms with Crippen LogP contribution >= 0.6 is 11.8 Å². The second-order valence-corrected chi connectivity index (χ2v) is 8.54. The predicted octanol–water partition coefficient (Wildman–Crippen LogP) is 2.50. The number of Topliss-reactive ketones (excluding diaryl/α,β-unsaturated/α-hetero) is 1. The van der Waals surface area contributed by atoms with E-state index in [1.165, 1.54) is 17.8 Å². The van der Waals surface area contributed by atoms with Crippen LogP contribution < -0.4 is 4.65 Å². The molecule has 0 bridgehead atoms. The molecule has 0 saturated carbocycles. The van der Waals surface area contributed by atoms with Crippen LogP contribution in [0.5, 0.6) is 5.75 Å². The van der Waals surface area contributed by atoms with Crippen LogP contribution in [0.2, 0.25) is 5.82 Å². The molecule has 0 spiro atoms. The van der Waals surface area contributed by atoms with Crippen molar-refractivity contribution in [1.82, 2.24) is 0 Å². The first kappa shape index (κ1) is 22.3. The molecule has 0 aromatic heterocycles. The number of para-hydroxylation sites is 1. The number of fused-ring (bicyclic) bond motifs is 1. The van der Waals surface area contributed by atoms with Gasteiger partial charge in [-0.25, -0.2) is 4.79 Å². The van der Waals surface area contributed by atoms with Gasteiger partial charge in [-0.15, -0.1) is 0 Å². The molecule has 1 N–H and O–H groups in total. The third kappa shape index (κ3) is 5.75. The molecule has 0 amide bonds. The van der Waals surface area contributed by atoms with Gasteiger partial charge in [-0.3, -0.25) is 9.59 Å². The van der Waals surface area contributed by atoms with Crippen LogP contribution in [0.1, 0.15) is 43.1 Å². The molecule has 152 valence electrons. The number of ketones is 1. The zero-order valence-corrected chi connectivity index (χ0v) is 17.3. The van der Waals surface area contributed by atoms with E-state index in [2.05, 4.69) is 0 Å². The number of esters is 2. The molecule has 2 rings (SSSR count). The molecule has 7 nitrogen and oxygen atoms in total. The van der Waals surface area contributed by atoms with Crippen molar-refractivity contribution in [2.45, 2.75) is 39.4 Å². The van der Waals surface area contributed by atoms with Crippen LogP contribution in [-0.2, 0) is 25.5 Å². The Morgan fingerprint density at radius 3 is 2.64 bits per heavy atom. The summed E-state index contributed by atoms with van der Waals surface area (Å²) in [5.74, 6) is -0.917. The van der Waals surface area contributed by atoms with E-state index in [-0.39, 0.29) is 29.3 Å².